The van der Waals surface area contributed by atoms with Crippen molar-refractivity contribution < 1.29 is 28.8 Å². The molecule has 1 N–H and O–H groups in total. The van der Waals surface area contributed by atoms with E-state index in [4.69, 9.17) is 18.9 Å². The first-order chi connectivity index (χ1) is 8.80. The molecule has 0 aromatic heterocycles. The van der Waals surface area contributed by atoms with E-state index in [1.165, 1.54) is 0 Å². The van der Waals surface area contributed by atoms with Crippen molar-refractivity contribution in [2.24, 2.45) is 0 Å². The number of hydrogen-bond acceptors (Lipinski definition) is 6. The van der Waals surface area contributed by atoms with Gasteiger partial charge in [-0.2, -0.15) is 0 Å². The molecule has 0 aromatic carbocycles. The van der Waals surface area contributed by atoms with Crippen LogP contribution in [0.2, 0.25) is 0 Å². The van der Waals surface area contributed by atoms with Crippen molar-refractivity contribution in [2.45, 2.75) is 38.4 Å². The number of carbonyl (C=O) groups excluding carboxylic acids is 1. The number of esters is 1. The number of carbonyl (C=O) groups is 1. The Kier molecular flexibility index (Phi) is 6.67. The normalized spacial score (nSPS) is 23.1. The van der Waals surface area contributed by atoms with Crippen LogP contribution in [-0.2, 0) is 23.7 Å². The Morgan fingerprint density at radius 2 is 2.32 bits per heavy atom. The molecule has 0 aromatic rings. The molecule has 2 atom stereocenters. The average molecular weight is 386 g/mol. The van der Waals surface area contributed by atoms with Crippen molar-refractivity contribution in [1.82, 2.24) is 0 Å². The van der Waals surface area contributed by atoms with Gasteiger partial charge in [0.15, 0.2) is 12.1 Å². The molecule has 19 heavy (non-hydrogen) atoms. The summed E-state index contributed by atoms with van der Waals surface area (Å²) in [5, 5.41) is 9.56. The zero-order chi connectivity index (χ0) is 14.5. The zero-order valence-corrected chi connectivity index (χ0v) is 13.2. The number of aliphatic hydroxyl groups is 1. The van der Waals surface area contributed by atoms with Gasteiger partial charge in [-0.15, -0.1) is 0 Å². The van der Waals surface area contributed by atoms with Gasteiger partial charge in [-0.05, 0) is 36.4 Å². The molecule has 1 aliphatic heterocycles. The predicted molar refractivity (Wildman–Crippen MR) is 75.6 cm³/mol. The zero-order valence-electron chi connectivity index (χ0n) is 11.1. The van der Waals surface area contributed by atoms with Crippen LogP contribution < -0.4 is 0 Å². The molecular formula is C12H19IO6. The van der Waals surface area contributed by atoms with Gasteiger partial charge in [0, 0.05) is 6.42 Å². The monoisotopic (exact) mass is 386 g/mol. The van der Waals surface area contributed by atoms with E-state index >= 15 is 0 Å². The van der Waals surface area contributed by atoms with E-state index < -0.39 is 18.0 Å². The number of rotatable bonds is 7. The van der Waals surface area contributed by atoms with Crippen LogP contribution in [0.4, 0.5) is 0 Å². The highest BCUT2D eigenvalue weighted by molar-refractivity contribution is 14.1. The van der Waals surface area contributed by atoms with Gasteiger partial charge in [-0.25, -0.2) is 4.79 Å². The Balaban J connectivity index is 2.10. The van der Waals surface area contributed by atoms with Gasteiger partial charge in [-0.1, -0.05) is 6.58 Å². The lowest BCUT2D eigenvalue weighted by atomic mass is 10.4. The highest BCUT2D eigenvalue weighted by Gasteiger charge is 2.32. The maximum atomic E-state index is 11.1. The molecule has 7 heteroatoms. The Labute approximate surface area is 126 Å². The van der Waals surface area contributed by atoms with Crippen molar-refractivity contribution in [3.05, 3.63) is 10.2 Å². The first kappa shape index (κ1) is 16.8. The largest absolute Gasteiger partial charge is 0.462 e. The fraction of sp³-hybridized carbons (Fsp3) is 0.750. The third kappa shape index (κ3) is 6.66. The lowest BCUT2D eigenvalue weighted by Crippen LogP contribution is -2.27. The van der Waals surface area contributed by atoms with E-state index in [-0.39, 0.29) is 25.7 Å². The Morgan fingerprint density at radius 1 is 1.63 bits per heavy atom. The van der Waals surface area contributed by atoms with E-state index in [9.17, 15) is 9.90 Å². The number of hydrogen-bond donors (Lipinski definition) is 1. The fourth-order valence-electron chi connectivity index (χ4n) is 1.48. The molecule has 0 spiro atoms. The van der Waals surface area contributed by atoms with E-state index in [1.54, 1.807) is 22.6 Å². The summed E-state index contributed by atoms with van der Waals surface area (Å²) in [7, 11) is 0. The minimum Gasteiger partial charge on any atom is -0.462 e. The van der Waals surface area contributed by atoms with Gasteiger partial charge in [-0.3, -0.25) is 0 Å². The summed E-state index contributed by atoms with van der Waals surface area (Å²) >= 11 is 1.78. The summed E-state index contributed by atoms with van der Waals surface area (Å²) in [5.41, 5.74) is 0. The standard InChI is InChI=1S/C12H19IO6/c1-8(13)11(15)16-5-4-10(14)17-6-9-7-18-12(2,3)19-9/h9-10,14H,1,4-7H2,2-3H3. The van der Waals surface area contributed by atoms with Crippen LogP contribution in [0.15, 0.2) is 10.2 Å². The molecule has 0 radical (unpaired) electrons. The van der Waals surface area contributed by atoms with E-state index in [0.29, 0.717) is 10.2 Å². The summed E-state index contributed by atoms with van der Waals surface area (Å²) < 4.78 is 21.2. The second-order valence-electron chi connectivity index (χ2n) is 4.57. The number of halogens is 1. The molecular weight excluding hydrogens is 367 g/mol. The Bertz CT molecular complexity index is 330. The Morgan fingerprint density at radius 3 is 2.84 bits per heavy atom. The van der Waals surface area contributed by atoms with Crippen molar-refractivity contribution in [1.29, 1.82) is 0 Å². The van der Waals surface area contributed by atoms with E-state index in [2.05, 4.69) is 6.58 Å². The molecule has 1 aliphatic rings. The van der Waals surface area contributed by atoms with Gasteiger partial charge in [0.1, 0.15) is 6.10 Å². The molecule has 1 saturated heterocycles. The third-order valence-electron chi connectivity index (χ3n) is 2.36. The van der Waals surface area contributed by atoms with Crippen LogP contribution in [0.5, 0.6) is 0 Å². The van der Waals surface area contributed by atoms with Crippen molar-refractivity contribution >= 4 is 28.6 Å². The molecule has 1 rings (SSSR count). The van der Waals surface area contributed by atoms with Crippen LogP contribution in [-0.4, -0.2) is 49.1 Å². The second-order valence-corrected chi connectivity index (χ2v) is 5.87. The SMILES string of the molecule is C=C(I)C(=O)OCCC(O)OCC1COC(C)(C)O1. The Hall–Kier alpha value is -0.220. The molecule has 0 saturated carbocycles. The van der Waals surface area contributed by atoms with Crippen LogP contribution in [0.3, 0.4) is 0 Å². The van der Waals surface area contributed by atoms with Crippen molar-refractivity contribution in [2.75, 3.05) is 19.8 Å². The molecule has 110 valence electrons. The number of aliphatic hydroxyl groups excluding tert-OH is 1. The summed E-state index contributed by atoms with van der Waals surface area (Å²) in [6.07, 6.45) is -0.990. The molecule has 1 heterocycles. The quantitative estimate of drug-likeness (QED) is 0.308. The second kappa shape index (κ2) is 7.53. The van der Waals surface area contributed by atoms with Crippen LogP contribution in [0, 0.1) is 0 Å². The van der Waals surface area contributed by atoms with Crippen molar-refractivity contribution in [3.63, 3.8) is 0 Å². The van der Waals surface area contributed by atoms with Crippen molar-refractivity contribution in [3.8, 4) is 0 Å². The first-order valence-electron chi connectivity index (χ1n) is 5.93. The topological polar surface area (TPSA) is 74.2 Å². The first-order valence-corrected chi connectivity index (χ1v) is 7.01. The van der Waals surface area contributed by atoms with Gasteiger partial charge in [0.2, 0.25) is 0 Å². The van der Waals surface area contributed by atoms with Crippen LogP contribution >= 0.6 is 22.6 Å². The van der Waals surface area contributed by atoms with Crippen LogP contribution in [0.1, 0.15) is 20.3 Å². The molecule has 0 aliphatic carbocycles. The molecule has 6 nitrogen and oxygen atoms in total. The summed E-state index contributed by atoms with van der Waals surface area (Å²) in [6.45, 7) is 7.83. The lowest BCUT2D eigenvalue weighted by molar-refractivity contribution is -0.168. The van der Waals surface area contributed by atoms with Gasteiger partial charge in [0.05, 0.1) is 23.4 Å². The number of ether oxygens (including phenoxy) is 4. The minimum atomic E-state index is -0.998. The molecule has 2 unspecified atom stereocenters. The van der Waals surface area contributed by atoms with Gasteiger partial charge in [0.25, 0.3) is 0 Å². The summed E-state index contributed by atoms with van der Waals surface area (Å²) in [5.74, 6) is -1.09. The maximum Gasteiger partial charge on any atom is 0.343 e. The fourth-order valence-corrected chi connectivity index (χ4v) is 1.63. The lowest BCUT2D eigenvalue weighted by Gasteiger charge is -2.18. The predicted octanol–water partition coefficient (Wildman–Crippen LogP) is 1.35. The van der Waals surface area contributed by atoms with Crippen LogP contribution in [0.25, 0.3) is 0 Å². The van der Waals surface area contributed by atoms with Gasteiger partial charge < -0.3 is 24.1 Å². The molecule has 0 amide bonds. The minimum absolute atomic E-state index is 0.0789. The highest BCUT2D eigenvalue weighted by atomic mass is 127. The third-order valence-corrected chi connectivity index (χ3v) is 2.80. The van der Waals surface area contributed by atoms with Gasteiger partial charge >= 0.3 is 5.97 Å². The molecule has 0 bridgehead atoms. The van der Waals surface area contributed by atoms with E-state index in [0.717, 1.165) is 0 Å². The smallest absolute Gasteiger partial charge is 0.343 e. The highest BCUT2D eigenvalue weighted by Crippen LogP contribution is 2.22. The average Bonchev–Trinajstić information content (AvgIpc) is 2.66. The van der Waals surface area contributed by atoms with E-state index in [1.807, 2.05) is 13.8 Å². The summed E-state index contributed by atoms with van der Waals surface area (Å²) in [6, 6.07) is 0. The molecule has 1 fully saturated rings. The summed E-state index contributed by atoms with van der Waals surface area (Å²) in [4.78, 5) is 11.1. The maximum absolute atomic E-state index is 11.1.